The number of amides is 1. The standard InChI is InChI=1S/C17H14N4O2/c1-11-9-15(22)21-16(19-11)12-5-4-6-13(10-12)20-17(23)14-7-2-3-8-18-14/h2-10H,1H3,(H,20,23)(H,19,21,22). The molecule has 2 heterocycles. The molecule has 0 aliphatic carbocycles. The maximum Gasteiger partial charge on any atom is 0.274 e. The molecular formula is C17H14N4O2. The van der Waals surface area contributed by atoms with Gasteiger partial charge in [0, 0.05) is 29.2 Å². The van der Waals surface area contributed by atoms with Crippen LogP contribution in [0.5, 0.6) is 0 Å². The number of aryl methyl sites for hydroxylation is 1. The van der Waals surface area contributed by atoms with Crippen LogP contribution in [0.15, 0.2) is 59.5 Å². The van der Waals surface area contributed by atoms with Crippen molar-refractivity contribution in [3.05, 3.63) is 76.5 Å². The van der Waals surface area contributed by atoms with E-state index in [2.05, 4.69) is 20.3 Å². The number of nitrogens with one attached hydrogen (secondary N) is 2. The zero-order chi connectivity index (χ0) is 16.2. The van der Waals surface area contributed by atoms with Crippen molar-refractivity contribution in [2.75, 3.05) is 5.32 Å². The number of rotatable bonds is 3. The number of hydrogen-bond acceptors (Lipinski definition) is 4. The van der Waals surface area contributed by atoms with Crippen LogP contribution in [-0.4, -0.2) is 20.9 Å². The van der Waals surface area contributed by atoms with Crippen molar-refractivity contribution in [3.63, 3.8) is 0 Å². The molecule has 2 aromatic heterocycles. The molecule has 1 aromatic carbocycles. The van der Waals surface area contributed by atoms with E-state index in [-0.39, 0.29) is 11.5 Å². The molecule has 0 spiro atoms. The average molecular weight is 306 g/mol. The summed E-state index contributed by atoms with van der Waals surface area (Å²) < 4.78 is 0. The summed E-state index contributed by atoms with van der Waals surface area (Å²) in [6, 6.07) is 13.7. The molecule has 0 aliphatic heterocycles. The van der Waals surface area contributed by atoms with Crippen molar-refractivity contribution >= 4 is 11.6 Å². The van der Waals surface area contributed by atoms with Gasteiger partial charge in [0.2, 0.25) is 0 Å². The molecule has 0 unspecified atom stereocenters. The number of H-pyrrole nitrogens is 1. The number of aromatic nitrogens is 3. The lowest BCUT2D eigenvalue weighted by atomic mass is 10.2. The van der Waals surface area contributed by atoms with Crippen LogP contribution in [0.3, 0.4) is 0 Å². The normalized spacial score (nSPS) is 10.3. The zero-order valence-electron chi connectivity index (χ0n) is 12.4. The van der Waals surface area contributed by atoms with Crippen LogP contribution < -0.4 is 10.9 Å². The molecule has 1 amide bonds. The molecule has 0 aliphatic rings. The van der Waals surface area contributed by atoms with Gasteiger partial charge >= 0.3 is 0 Å². The lowest BCUT2D eigenvalue weighted by Crippen LogP contribution is -2.13. The number of hydrogen-bond donors (Lipinski definition) is 2. The van der Waals surface area contributed by atoms with Gasteiger partial charge in [-0.05, 0) is 31.2 Å². The van der Waals surface area contributed by atoms with E-state index in [9.17, 15) is 9.59 Å². The van der Waals surface area contributed by atoms with Crippen LogP contribution >= 0.6 is 0 Å². The first kappa shape index (κ1) is 14.6. The second-order valence-electron chi connectivity index (χ2n) is 4.99. The van der Waals surface area contributed by atoms with Crippen molar-refractivity contribution in [1.82, 2.24) is 15.0 Å². The lowest BCUT2D eigenvalue weighted by Gasteiger charge is -2.07. The number of carbonyl (C=O) groups excluding carboxylic acids is 1. The molecule has 6 nitrogen and oxygen atoms in total. The number of anilines is 1. The van der Waals surface area contributed by atoms with E-state index in [1.54, 1.807) is 49.5 Å². The predicted octanol–water partition coefficient (Wildman–Crippen LogP) is 2.39. The van der Waals surface area contributed by atoms with Crippen LogP contribution in [0, 0.1) is 6.92 Å². The lowest BCUT2D eigenvalue weighted by molar-refractivity contribution is 0.102. The SMILES string of the molecule is Cc1cc(=O)[nH]c(-c2cccc(NC(=O)c3ccccn3)c2)n1. The Bertz CT molecular complexity index is 904. The van der Waals surface area contributed by atoms with Gasteiger partial charge < -0.3 is 10.3 Å². The molecule has 114 valence electrons. The van der Waals surface area contributed by atoms with Gasteiger partial charge in [0.05, 0.1) is 0 Å². The molecule has 0 atom stereocenters. The van der Waals surface area contributed by atoms with Crippen LogP contribution in [0.25, 0.3) is 11.4 Å². The minimum absolute atomic E-state index is 0.213. The number of nitrogens with zero attached hydrogens (tertiary/aromatic N) is 2. The highest BCUT2D eigenvalue weighted by Gasteiger charge is 2.08. The predicted molar refractivity (Wildman–Crippen MR) is 87.2 cm³/mol. The second-order valence-corrected chi connectivity index (χ2v) is 4.99. The summed E-state index contributed by atoms with van der Waals surface area (Å²) in [7, 11) is 0. The summed E-state index contributed by atoms with van der Waals surface area (Å²) in [6.07, 6.45) is 1.56. The minimum Gasteiger partial charge on any atom is -0.321 e. The Morgan fingerprint density at radius 2 is 2.00 bits per heavy atom. The van der Waals surface area contributed by atoms with Gasteiger partial charge in [-0.1, -0.05) is 18.2 Å². The molecule has 3 aromatic rings. The molecule has 0 bridgehead atoms. The average Bonchev–Trinajstić information content (AvgIpc) is 2.55. The fourth-order valence-electron chi connectivity index (χ4n) is 2.15. The Morgan fingerprint density at radius 1 is 1.13 bits per heavy atom. The fraction of sp³-hybridized carbons (Fsp3) is 0.0588. The number of benzene rings is 1. The van der Waals surface area contributed by atoms with Gasteiger partial charge in [0.25, 0.3) is 11.5 Å². The third-order valence-electron chi connectivity index (χ3n) is 3.16. The number of pyridine rings is 1. The third-order valence-corrected chi connectivity index (χ3v) is 3.16. The highest BCUT2D eigenvalue weighted by Crippen LogP contribution is 2.19. The summed E-state index contributed by atoms with van der Waals surface area (Å²) >= 11 is 0. The van der Waals surface area contributed by atoms with Crippen LogP contribution in [-0.2, 0) is 0 Å². The van der Waals surface area contributed by atoms with Gasteiger partial charge in [-0.2, -0.15) is 0 Å². The Hall–Kier alpha value is -3.28. The fourth-order valence-corrected chi connectivity index (χ4v) is 2.15. The van der Waals surface area contributed by atoms with E-state index in [1.165, 1.54) is 6.07 Å². The van der Waals surface area contributed by atoms with Crippen molar-refractivity contribution < 1.29 is 4.79 Å². The Balaban J connectivity index is 1.88. The molecule has 6 heteroatoms. The van der Waals surface area contributed by atoms with Gasteiger partial charge in [0.15, 0.2) is 0 Å². The minimum atomic E-state index is -0.298. The molecular weight excluding hydrogens is 292 g/mol. The maximum atomic E-state index is 12.1. The molecule has 0 saturated heterocycles. The van der Waals surface area contributed by atoms with E-state index < -0.39 is 0 Å². The molecule has 3 rings (SSSR count). The molecule has 0 fully saturated rings. The highest BCUT2D eigenvalue weighted by molar-refractivity contribution is 6.03. The summed E-state index contributed by atoms with van der Waals surface area (Å²) in [5, 5.41) is 2.78. The van der Waals surface area contributed by atoms with Crippen LogP contribution in [0.4, 0.5) is 5.69 Å². The zero-order valence-corrected chi connectivity index (χ0v) is 12.4. The maximum absolute atomic E-state index is 12.1. The Kier molecular flexibility index (Phi) is 3.97. The van der Waals surface area contributed by atoms with Crippen molar-refractivity contribution in [2.24, 2.45) is 0 Å². The smallest absolute Gasteiger partial charge is 0.274 e. The Morgan fingerprint density at radius 3 is 2.74 bits per heavy atom. The molecule has 0 radical (unpaired) electrons. The topological polar surface area (TPSA) is 87.7 Å². The van der Waals surface area contributed by atoms with Gasteiger partial charge in [-0.15, -0.1) is 0 Å². The van der Waals surface area contributed by atoms with Crippen LogP contribution in [0.2, 0.25) is 0 Å². The van der Waals surface area contributed by atoms with Gasteiger partial charge in [-0.3, -0.25) is 14.6 Å². The Labute approximate surface area is 132 Å². The largest absolute Gasteiger partial charge is 0.321 e. The summed E-state index contributed by atoms with van der Waals surface area (Å²) in [6.45, 7) is 1.76. The highest BCUT2D eigenvalue weighted by atomic mass is 16.2. The molecule has 23 heavy (non-hydrogen) atoms. The quantitative estimate of drug-likeness (QED) is 0.777. The molecule has 0 saturated carbocycles. The van der Waals surface area contributed by atoms with Crippen LogP contribution in [0.1, 0.15) is 16.2 Å². The van der Waals surface area contributed by atoms with E-state index in [1.807, 2.05) is 6.07 Å². The van der Waals surface area contributed by atoms with E-state index in [0.717, 1.165) is 0 Å². The molecule has 2 N–H and O–H groups in total. The van der Waals surface area contributed by atoms with Crippen molar-refractivity contribution in [1.29, 1.82) is 0 Å². The van der Waals surface area contributed by atoms with Crippen molar-refractivity contribution in [3.8, 4) is 11.4 Å². The first-order valence-corrected chi connectivity index (χ1v) is 7.02. The first-order chi connectivity index (χ1) is 11.1. The number of aromatic amines is 1. The summed E-state index contributed by atoms with van der Waals surface area (Å²) in [5.41, 5.74) is 2.06. The first-order valence-electron chi connectivity index (χ1n) is 7.02. The van der Waals surface area contributed by atoms with E-state index in [0.29, 0.717) is 28.5 Å². The van der Waals surface area contributed by atoms with Crippen molar-refractivity contribution in [2.45, 2.75) is 6.92 Å². The second kappa shape index (κ2) is 6.23. The van der Waals surface area contributed by atoms with E-state index in [4.69, 9.17) is 0 Å². The monoisotopic (exact) mass is 306 g/mol. The third kappa shape index (κ3) is 3.49. The summed E-state index contributed by atoms with van der Waals surface area (Å²) in [5.74, 6) is 0.164. The van der Waals surface area contributed by atoms with E-state index >= 15 is 0 Å². The summed E-state index contributed by atoms with van der Waals surface area (Å²) in [4.78, 5) is 34.7. The van der Waals surface area contributed by atoms with Gasteiger partial charge in [0.1, 0.15) is 11.5 Å². The van der Waals surface area contributed by atoms with Gasteiger partial charge in [-0.25, -0.2) is 4.98 Å². The number of carbonyl (C=O) groups is 1.